The minimum Gasteiger partial charge on any atom is -0.456 e. The zero-order chi connectivity index (χ0) is 14.4. The van der Waals surface area contributed by atoms with E-state index >= 15 is 0 Å². The molecule has 4 rings (SSSR count). The lowest BCUT2D eigenvalue weighted by atomic mass is 9.99. The van der Waals surface area contributed by atoms with Crippen molar-refractivity contribution in [3.05, 3.63) is 70.2 Å². The van der Waals surface area contributed by atoms with Crippen molar-refractivity contribution in [3.63, 3.8) is 0 Å². The van der Waals surface area contributed by atoms with Gasteiger partial charge in [0.1, 0.15) is 11.2 Å². The Morgan fingerprint density at radius 2 is 1.48 bits per heavy atom. The number of hydrogen-bond donors (Lipinski definition) is 0. The van der Waals surface area contributed by atoms with Crippen molar-refractivity contribution in [3.8, 4) is 11.1 Å². The van der Waals surface area contributed by atoms with Gasteiger partial charge in [-0.3, -0.25) is 0 Å². The third kappa shape index (κ3) is 1.98. The van der Waals surface area contributed by atoms with Crippen molar-refractivity contribution in [2.75, 3.05) is 0 Å². The average molecular weight is 358 g/mol. The van der Waals surface area contributed by atoms with Crippen molar-refractivity contribution in [2.24, 2.45) is 0 Å². The Kier molecular flexibility index (Phi) is 3.02. The molecule has 3 aromatic carbocycles. The monoisotopic (exact) mass is 356 g/mol. The lowest BCUT2D eigenvalue weighted by Gasteiger charge is -2.07. The highest BCUT2D eigenvalue weighted by molar-refractivity contribution is 9.10. The van der Waals surface area contributed by atoms with Crippen LogP contribution in [0.5, 0.6) is 0 Å². The van der Waals surface area contributed by atoms with Gasteiger partial charge in [-0.15, -0.1) is 0 Å². The quantitative estimate of drug-likeness (QED) is 0.371. The van der Waals surface area contributed by atoms with E-state index < -0.39 is 0 Å². The average Bonchev–Trinajstić information content (AvgIpc) is 2.89. The second-order valence-corrected chi connectivity index (χ2v) is 6.08. The summed E-state index contributed by atoms with van der Waals surface area (Å²) in [6.07, 6.45) is 0. The smallest absolute Gasteiger partial charge is 0.136 e. The molecule has 0 fully saturated rings. The molecule has 0 bridgehead atoms. The van der Waals surface area contributed by atoms with Gasteiger partial charge in [0.15, 0.2) is 0 Å². The predicted molar refractivity (Wildman–Crippen MR) is 91.9 cm³/mol. The zero-order valence-corrected chi connectivity index (χ0v) is 13.3. The van der Waals surface area contributed by atoms with E-state index in [1.165, 1.54) is 0 Å². The van der Waals surface area contributed by atoms with E-state index in [1.54, 1.807) is 0 Å². The molecule has 0 amide bonds. The molecule has 4 aromatic rings. The summed E-state index contributed by atoms with van der Waals surface area (Å²) in [6, 6.07) is 20.1. The lowest BCUT2D eigenvalue weighted by Crippen LogP contribution is -1.82. The number of furan rings is 1. The van der Waals surface area contributed by atoms with Gasteiger partial charge in [0, 0.05) is 15.2 Å². The molecule has 3 heteroatoms. The predicted octanol–water partition coefficient (Wildman–Crippen LogP) is 6.67. The van der Waals surface area contributed by atoms with E-state index in [0.29, 0.717) is 5.02 Å². The van der Waals surface area contributed by atoms with E-state index in [0.717, 1.165) is 37.5 Å². The fourth-order valence-electron chi connectivity index (χ4n) is 2.71. The topological polar surface area (TPSA) is 13.1 Å². The van der Waals surface area contributed by atoms with Gasteiger partial charge in [0.2, 0.25) is 0 Å². The first-order valence-electron chi connectivity index (χ1n) is 6.60. The number of para-hydroxylation sites is 1. The molecular weight excluding hydrogens is 348 g/mol. The molecule has 0 atom stereocenters. The highest BCUT2D eigenvalue weighted by Crippen LogP contribution is 2.40. The molecule has 0 saturated heterocycles. The van der Waals surface area contributed by atoms with Gasteiger partial charge in [-0.05, 0) is 45.3 Å². The second kappa shape index (κ2) is 4.90. The summed E-state index contributed by atoms with van der Waals surface area (Å²) in [5, 5.41) is 2.95. The number of halogens is 2. The maximum atomic E-state index is 6.24. The Bertz CT molecular complexity index is 971. The first-order valence-corrected chi connectivity index (χ1v) is 7.77. The largest absolute Gasteiger partial charge is 0.456 e. The van der Waals surface area contributed by atoms with Crippen LogP contribution in [0.1, 0.15) is 0 Å². The van der Waals surface area contributed by atoms with Crippen molar-refractivity contribution in [1.82, 2.24) is 0 Å². The highest BCUT2D eigenvalue weighted by Gasteiger charge is 2.14. The second-order valence-electron chi connectivity index (χ2n) is 4.88. The normalized spacial score (nSPS) is 11.3. The van der Waals surface area contributed by atoms with Crippen LogP contribution >= 0.6 is 27.5 Å². The van der Waals surface area contributed by atoms with Gasteiger partial charge in [-0.1, -0.05) is 54.1 Å². The van der Waals surface area contributed by atoms with Crippen molar-refractivity contribution < 1.29 is 4.42 Å². The maximum absolute atomic E-state index is 6.24. The van der Waals surface area contributed by atoms with Crippen LogP contribution in [0, 0.1) is 0 Å². The first-order chi connectivity index (χ1) is 10.3. The fourth-order valence-corrected chi connectivity index (χ4v) is 3.36. The SMILES string of the molecule is Clc1cccc(-c2cccc3oc4ccccc4c23)c1Br. The van der Waals surface area contributed by atoms with E-state index in [4.69, 9.17) is 16.0 Å². The summed E-state index contributed by atoms with van der Waals surface area (Å²) in [5.41, 5.74) is 3.98. The molecule has 0 radical (unpaired) electrons. The van der Waals surface area contributed by atoms with Crippen LogP contribution in [-0.2, 0) is 0 Å². The van der Waals surface area contributed by atoms with E-state index in [-0.39, 0.29) is 0 Å². The highest BCUT2D eigenvalue weighted by atomic mass is 79.9. The number of hydrogen-bond acceptors (Lipinski definition) is 1. The molecule has 0 aliphatic heterocycles. The molecule has 0 aliphatic carbocycles. The summed E-state index contributed by atoms with van der Waals surface area (Å²) in [5.74, 6) is 0. The van der Waals surface area contributed by atoms with Crippen LogP contribution in [-0.4, -0.2) is 0 Å². The van der Waals surface area contributed by atoms with Gasteiger partial charge in [-0.2, -0.15) is 0 Å². The van der Waals surface area contributed by atoms with Crippen LogP contribution < -0.4 is 0 Å². The summed E-state index contributed by atoms with van der Waals surface area (Å²) in [7, 11) is 0. The van der Waals surface area contributed by atoms with Gasteiger partial charge in [0.05, 0.1) is 5.02 Å². The molecule has 0 N–H and O–H groups in total. The Hall–Kier alpha value is -1.77. The molecule has 0 unspecified atom stereocenters. The third-order valence-electron chi connectivity index (χ3n) is 3.64. The first kappa shape index (κ1) is 12.9. The lowest BCUT2D eigenvalue weighted by molar-refractivity contribution is 0.669. The van der Waals surface area contributed by atoms with Gasteiger partial charge < -0.3 is 4.42 Å². The van der Waals surface area contributed by atoms with Crippen LogP contribution in [0.15, 0.2) is 69.6 Å². The minimum atomic E-state index is 0.706. The van der Waals surface area contributed by atoms with Crippen LogP contribution in [0.2, 0.25) is 5.02 Å². The van der Waals surface area contributed by atoms with E-state index in [1.807, 2.05) is 42.5 Å². The minimum absolute atomic E-state index is 0.706. The summed E-state index contributed by atoms with van der Waals surface area (Å²) >= 11 is 9.83. The standard InChI is InChI=1S/C18H10BrClO/c19-18-12(7-3-8-14(18)20)11-6-4-10-16-17(11)13-5-1-2-9-15(13)21-16/h1-10H. The fraction of sp³-hybridized carbons (Fsp3) is 0. The molecule has 1 aromatic heterocycles. The van der Waals surface area contributed by atoms with E-state index in [2.05, 4.69) is 34.1 Å². The van der Waals surface area contributed by atoms with E-state index in [9.17, 15) is 0 Å². The molecular formula is C18H10BrClO. The maximum Gasteiger partial charge on any atom is 0.136 e. The van der Waals surface area contributed by atoms with Crippen molar-refractivity contribution in [1.29, 1.82) is 0 Å². The number of fused-ring (bicyclic) bond motifs is 3. The zero-order valence-electron chi connectivity index (χ0n) is 10.9. The Morgan fingerprint density at radius 3 is 2.38 bits per heavy atom. The Morgan fingerprint density at radius 1 is 0.762 bits per heavy atom. The van der Waals surface area contributed by atoms with Crippen molar-refractivity contribution >= 4 is 49.5 Å². The number of rotatable bonds is 1. The van der Waals surface area contributed by atoms with Gasteiger partial charge in [-0.25, -0.2) is 0 Å². The molecule has 0 aliphatic rings. The number of benzene rings is 3. The summed E-state index contributed by atoms with van der Waals surface area (Å²) in [4.78, 5) is 0. The van der Waals surface area contributed by atoms with Gasteiger partial charge in [0.25, 0.3) is 0 Å². The Balaban J connectivity index is 2.16. The van der Waals surface area contributed by atoms with Crippen LogP contribution in [0.4, 0.5) is 0 Å². The molecule has 21 heavy (non-hydrogen) atoms. The summed E-state index contributed by atoms with van der Waals surface area (Å²) < 4.78 is 6.84. The molecule has 0 spiro atoms. The molecule has 102 valence electrons. The van der Waals surface area contributed by atoms with Crippen LogP contribution in [0.25, 0.3) is 33.1 Å². The third-order valence-corrected chi connectivity index (χ3v) is 5.04. The van der Waals surface area contributed by atoms with Gasteiger partial charge >= 0.3 is 0 Å². The molecule has 1 nitrogen and oxygen atoms in total. The van der Waals surface area contributed by atoms with Crippen LogP contribution in [0.3, 0.4) is 0 Å². The Labute approximate surface area is 135 Å². The molecule has 0 saturated carbocycles. The summed E-state index contributed by atoms with van der Waals surface area (Å²) in [6.45, 7) is 0. The molecule has 1 heterocycles. The van der Waals surface area contributed by atoms with Crippen molar-refractivity contribution in [2.45, 2.75) is 0 Å².